The van der Waals surface area contributed by atoms with Gasteiger partial charge in [-0.2, -0.15) is 0 Å². The van der Waals surface area contributed by atoms with Crippen LogP contribution in [-0.4, -0.2) is 5.78 Å². The van der Waals surface area contributed by atoms with Crippen LogP contribution in [-0.2, 0) is 5.41 Å². The molecule has 0 amide bonds. The summed E-state index contributed by atoms with van der Waals surface area (Å²) < 4.78 is 0. The Morgan fingerprint density at radius 3 is 2.05 bits per heavy atom. The van der Waals surface area contributed by atoms with E-state index in [0.717, 1.165) is 11.1 Å². The van der Waals surface area contributed by atoms with Crippen molar-refractivity contribution in [3.8, 4) is 0 Å². The van der Waals surface area contributed by atoms with Crippen molar-refractivity contribution in [2.45, 2.75) is 26.2 Å². The summed E-state index contributed by atoms with van der Waals surface area (Å²) in [7, 11) is 0. The maximum atomic E-state index is 12.7. The molecule has 0 fully saturated rings. The summed E-state index contributed by atoms with van der Waals surface area (Å²) in [5.74, 6) is 0.245. The lowest BCUT2D eigenvalue weighted by molar-refractivity contribution is 0.0795. The van der Waals surface area contributed by atoms with Crippen molar-refractivity contribution in [3.05, 3.63) is 71.3 Å². The highest BCUT2D eigenvalue weighted by molar-refractivity contribution is 6.07. The summed E-state index contributed by atoms with van der Waals surface area (Å²) >= 11 is 0. The number of fused-ring (bicyclic) bond motifs is 1. The van der Waals surface area contributed by atoms with Crippen LogP contribution in [0.1, 0.15) is 42.3 Å². The Bertz CT molecular complexity index is 640. The first kappa shape index (κ1) is 12.2. The minimum Gasteiger partial charge on any atom is -0.294 e. The van der Waals surface area contributed by atoms with Gasteiger partial charge in [0.25, 0.3) is 0 Å². The summed E-state index contributed by atoms with van der Waals surface area (Å²) in [6.07, 6.45) is 0. The molecule has 1 nitrogen and oxygen atoms in total. The molecule has 0 saturated heterocycles. The Labute approximate surface area is 114 Å². The van der Waals surface area contributed by atoms with Gasteiger partial charge in [-0.05, 0) is 11.1 Å². The number of carbonyl (C=O) groups is 1. The van der Waals surface area contributed by atoms with Gasteiger partial charge in [-0.3, -0.25) is 4.79 Å². The predicted octanol–water partition coefficient (Wildman–Crippen LogP) is 4.22. The fraction of sp³-hybridized carbons (Fsp3) is 0.278. The minimum absolute atomic E-state index is 0.245. The van der Waals surface area contributed by atoms with Crippen molar-refractivity contribution in [1.82, 2.24) is 0 Å². The Morgan fingerprint density at radius 1 is 0.789 bits per heavy atom. The van der Waals surface area contributed by atoms with E-state index in [-0.39, 0.29) is 11.2 Å². The Balaban J connectivity index is 2.34. The van der Waals surface area contributed by atoms with Gasteiger partial charge >= 0.3 is 0 Å². The number of Topliss-reactive ketones (excluding diaryl/α,β-unsaturated/α-hetero) is 1. The molecule has 19 heavy (non-hydrogen) atoms. The van der Waals surface area contributed by atoms with Gasteiger partial charge in [0.2, 0.25) is 0 Å². The normalized spacial score (nSPS) is 24.3. The lowest BCUT2D eigenvalue weighted by atomic mass is 9.63. The van der Waals surface area contributed by atoms with E-state index >= 15 is 0 Å². The number of rotatable bonds is 1. The number of ketones is 1. The molecule has 0 radical (unpaired) electrons. The van der Waals surface area contributed by atoms with Gasteiger partial charge in [-0.1, -0.05) is 75.4 Å². The quantitative estimate of drug-likeness (QED) is 0.740. The fourth-order valence-electron chi connectivity index (χ4n) is 3.31. The molecule has 0 bridgehead atoms. The van der Waals surface area contributed by atoms with Crippen LogP contribution in [0.2, 0.25) is 0 Å². The smallest absolute Gasteiger partial charge is 0.169 e. The average molecular weight is 250 g/mol. The first-order valence-electron chi connectivity index (χ1n) is 6.69. The molecule has 96 valence electrons. The Kier molecular flexibility index (Phi) is 2.43. The van der Waals surface area contributed by atoms with E-state index in [9.17, 15) is 4.79 Å². The molecule has 2 aromatic rings. The topological polar surface area (TPSA) is 17.1 Å². The van der Waals surface area contributed by atoms with E-state index < -0.39 is 5.41 Å². The van der Waals surface area contributed by atoms with Crippen LogP contribution < -0.4 is 0 Å². The van der Waals surface area contributed by atoms with E-state index in [0.29, 0.717) is 0 Å². The molecule has 0 heterocycles. The number of hydrogen-bond acceptors (Lipinski definition) is 1. The third kappa shape index (κ3) is 1.39. The molecule has 1 aliphatic carbocycles. The zero-order valence-corrected chi connectivity index (χ0v) is 11.6. The lowest BCUT2D eigenvalue weighted by Gasteiger charge is -2.38. The van der Waals surface area contributed by atoms with Crippen LogP contribution in [0.15, 0.2) is 54.6 Å². The molecule has 1 atom stereocenters. The van der Waals surface area contributed by atoms with Gasteiger partial charge in [0.1, 0.15) is 0 Å². The molecule has 1 unspecified atom stereocenters. The molecule has 1 aliphatic rings. The molecule has 2 aromatic carbocycles. The monoisotopic (exact) mass is 250 g/mol. The fourth-order valence-corrected chi connectivity index (χ4v) is 3.31. The van der Waals surface area contributed by atoms with Crippen LogP contribution in [0, 0.1) is 5.41 Å². The SMILES string of the molecule is CC1(C)C(=O)c2ccccc2C1(C)c1ccccc1. The van der Waals surface area contributed by atoms with Gasteiger partial charge in [0.15, 0.2) is 5.78 Å². The van der Waals surface area contributed by atoms with E-state index in [1.807, 2.05) is 36.4 Å². The standard InChI is InChI=1S/C18H18O/c1-17(2)16(19)14-11-7-8-12-15(14)18(17,3)13-9-5-4-6-10-13/h4-12H,1-3H3. The highest BCUT2D eigenvalue weighted by atomic mass is 16.1. The summed E-state index contributed by atoms with van der Waals surface area (Å²) in [6.45, 7) is 6.30. The van der Waals surface area contributed by atoms with Gasteiger partial charge < -0.3 is 0 Å². The second-order valence-electron chi connectivity index (χ2n) is 5.99. The lowest BCUT2D eigenvalue weighted by Crippen LogP contribution is -2.39. The molecule has 0 aromatic heterocycles. The molecule has 0 spiro atoms. The zero-order chi connectivity index (χ0) is 13.7. The van der Waals surface area contributed by atoms with Gasteiger partial charge in [-0.15, -0.1) is 0 Å². The van der Waals surface area contributed by atoms with E-state index in [2.05, 4.69) is 39.0 Å². The van der Waals surface area contributed by atoms with Crippen LogP contribution in [0.3, 0.4) is 0 Å². The second kappa shape index (κ2) is 3.80. The number of benzene rings is 2. The molecule has 3 rings (SSSR count). The van der Waals surface area contributed by atoms with Crippen molar-refractivity contribution in [3.63, 3.8) is 0 Å². The molecule has 1 heteroatoms. The zero-order valence-electron chi connectivity index (χ0n) is 11.6. The van der Waals surface area contributed by atoms with Crippen molar-refractivity contribution in [2.75, 3.05) is 0 Å². The summed E-state index contributed by atoms with van der Waals surface area (Å²) in [5.41, 5.74) is 2.55. The average Bonchev–Trinajstić information content (AvgIpc) is 2.60. The van der Waals surface area contributed by atoms with E-state index in [1.54, 1.807) is 0 Å². The maximum absolute atomic E-state index is 12.7. The molecule has 0 saturated carbocycles. The molecule has 0 aliphatic heterocycles. The summed E-state index contributed by atoms with van der Waals surface area (Å²) in [5, 5.41) is 0. The van der Waals surface area contributed by atoms with Crippen molar-refractivity contribution >= 4 is 5.78 Å². The van der Waals surface area contributed by atoms with Crippen LogP contribution in [0.4, 0.5) is 0 Å². The summed E-state index contributed by atoms with van der Waals surface area (Å²) in [6, 6.07) is 18.4. The van der Waals surface area contributed by atoms with Crippen molar-refractivity contribution < 1.29 is 4.79 Å². The first-order valence-corrected chi connectivity index (χ1v) is 6.69. The second-order valence-corrected chi connectivity index (χ2v) is 5.99. The third-order valence-electron chi connectivity index (χ3n) is 4.88. The number of carbonyl (C=O) groups excluding carboxylic acids is 1. The predicted molar refractivity (Wildman–Crippen MR) is 77.4 cm³/mol. The highest BCUT2D eigenvalue weighted by Gasteiger charge is 2.55. The minimum atomic E-state index is -0.419. The third-order valence-corrected chi connectivity index (χ3v) is 4.88. The highest BCUT2D eigenvalue weighted by Crippen LogP contribution is 2.54. The summed E-state index contributed by atoms with van der Waals surface area (Å²) in [4.78, 5) is 12.7. The van der Waals surface area contributed by atoms with Gasteiger partial charge in [-0.25, -0.2) is 0 Å². The maximum Gasteiger partial charge on any atom is 0.169 e. The first-order chi connectivity index (χ1) is 8.99. The van der Waals surface area contributed by atoms with E-state index in [1.165, 1.54) is 5.56 Å². The van der Waals surface area contributed by atoms with Gasteiger partial charge in [0.05, 0.1) is 0 Å². The largest absolute Gasteiger partial charge is 0.294 e. The van der Waals surface area contributed by atoms with Crippen molar-refractivity contribution in [2.24, 2.45) is 5.41 Å². The van der Waals surface area contributed by atoms with Gasteiger partial charge in [0, 0.05) is 16.4 Å². The molecular formula is C18H18O. The Hall–Kier alpha value is -1.89. The number of hydrogen-bond donors (Lipinski definition) is 0. The molecule has 0 N–H and O–H groups in total. The van der Waals surface area contributed by atoms with Crippen LogP contribution in [0.5, 0.6) is 0 Å². The molecular weight excluding hydrogens is 232 g/mol. The van der Waals surface area contributed by atoms with Crippen LogP contribution in [0.25, 0.3) is 0 Å². The van der Waals surface area contributed by atoms with Crippen LogP contribution >= 0.6 is 0 Å². The van der Waals surface area contributed by atoms with E-state index in [4.69, 9.17) is 0 Å². The van der Waals surface area contributed by atoms with Crippen molar-refractivity contribution in [1.29, 1.82) is 0 Å². The Morgan fingerprint density at radius 2 is 1.37 bits per heavy atom.